The molecule has 1 aromatic carbocycles. The molecule has 1 aliphatic rings. The minimum Gasteiger partial charge on any atom is -0.338 e. The summed E-state index contributed by atoms with van der Waals surface area (Å²) in [6.45, 7) is 0. The first-order valence-corrected chi connectivity index (χ1v) is 6.77. The normalized spacial score (nSPS) is 16.1. The Hall–Kier alpha value is -2.41. The van der Waals surface area contributed by atoms with Crippen LogP contribution in [0.4, 0.5) is 0 Å². The van der Waals surface area contributed by atoms with Gasteiger partial charge in [-0.2, -0.15) is 5.26 Å². The van der Waals surface area contributed by atoms with Crippen molar-refractivity contribution < 1.29 is 4.79 Å². The van der Waals surface area contributed by atoms with E-state index in [1.165, 1.54) is 0 Å². The van der Waals surface area contributed by atoms with Crippen molar-refractivity contribution in [3.63, 3.8) is 0 Å². The molecular weight excluding hydrogens is 250 g/mol. The second-order valence-corrected chi connectivity index (χ2v) is 5.26. The fourth-order valence-electron chi connectivity index (χ4n) is 2.59. The maximum Gasteiger partial charge on any atom is 0.225 e. The van der Waals surface area contributed by atoms with Gasteiger partial charge in [-0.05, 0) is 30.9 Å². The van der Waals surface area contributed by atoms with E-state index in [0.29, 0.717) is 0 Å². The predicted octanol–water partition coefficient (Wildman–Crippen LogP) is 2.34. The molecule has 2 aromatic rings. The largest absolute Gasteiger partial charge is 0.338 e. The summed E-state index contributed by atoms with van der Waals surface area (Å²) in [5.41, 5.74) is 1.12. The lowest BCUT2D eigenvalue weighted by Crippen LogP contribution is -2.52. The predicted molar refractivity (Wildman–Crippen MR) is 75.8 cm³/mol. The molecule has 1 fully saturated rings. The van der Waals surface area contributed by atoms with Crippen LogP contribution in [0.1, 0.15) is 24.8 Å². The number of nitrogens with one attached hydrogen (secondary N) is 1. The molecule has 4 heteroatoms. The zero-order valence-electron chi connectivity index (χ0n) is 11.1. The van der Waals surface area contributed by atoms with Gasteiger partial charge in [-0.15, -0.1) is 0 Å². The highest BCUT2D eigenvalue weighted by Crippen LogP contribution is 2.31. The molecule has 0 bridgehead atoms. The van der Waals surface area contributed by atoms with Gasteiger partial charge < -0.3 is 5.32 Å². The van der Waals surface area contributed by atoms with Crippen LogP contribution in [0.15, 0.2) is 36.5 Å². The van der Waals surface area contributed by atoms with Crippen molar-refractivity contribution in [3.05, 3.63) is 42.1 Å². The lowest BCUT2D eigenvalue weighted by molar-refractivity contribution is -0.122. The van der Waals surface area contributed by atoms with Crippen molar-refractivity contribution in [3.8, 4) is 6.07 Å². The second-order valence-electron chi connectivity index (χ2n) is 5.26. The molecule has 1 saturated carbocycles. The van der Waals surface area contributed by atoms with Gasteiger partial charge in [0.2, 0.25) is 5.91 Å². The molecule has 3 rings (SSSR count). The van der Waals surface area contributed by atoms with E-state index in [-0.39, 0.29) is 12.3 Å². The quantitative estimate of drug-likeness (QED) is 0.926. The molecular formula is C16H15N3O. The summed E-state index contributed by atoms with van der Waals surface area (Å²) in [5, 5.41) is 13.0. The average molecular weight is 265 g/mol. The Morgan fingerprint density at radius 3 is 2.85 bits per heavy atom. The number of carbonyl (C=O) groups is 1. The lowest BCUT2D eigenvalue weighted by Gasteiger charge is -2.35. The molecule has 0 unspecified atom stereocenters. The topological polar surface area (TPSA) is 65.8 Å². The van der Waals surface area contributed by atoms with Crippen LogP contribution >= 0.6 is 0 Å². The van der Waals surface area contributed by atoms with Crippen LogP contribution in [0.3, 0.4) is 0 Å². The number of pyridine rings is 1. The number of hydrogen-bond acceptors (Lipinski definition) is 3. The fourth-order valence-corrected chi connectivity index (χ4v) is 2.59. The smallest absolute Gasteiger partial charge is 0.225 e. The Morgan fingerprint density at radius 1 is 1.35 bits per heavy atom. The Kier molecular flexibility index (Phi) is 3.11. The molecule has 1 aromatic heterocycles. The number of nitrogens with zero attached hydrogens (tertiary/aromatic N) is 2. The number of amides is 1. The second kappa shape index (κ2) is 4.93. The number of fused-ring (bicyclic) bond motifs is 1. The average Bonchev–Trinajstić information content (AvgIpc) is 2.43. The third-order valence-electron chi connectivity index (χ3n) is 3.87. The zero-order valence-corrected chi connectivity index (χ0v) is 11.1. The van der Waals surface area contributed by atoms with E-state index in [2.05, 4.69) is 16.4 Å². The van der Waals surface area contributed by atoms with Crippen LogP contribution in [0, 0.1) is 11.3 Å². The number of rotatable bonds is 3. The third-order valence-corrected chi connectivity index (χ3v) is 3.87. The summed E-state index contributed by atoms with van der Waals surface area (Å²) in [6.07, 6.45) is 4.50. The van der Waals surface area contributed by atoms with Gasteiger partial charge in [0.1, 0.15) is 5.54 Å². The Morgan fingerprint density at radius 2 is 2.15 bits per heavy atom. The number of aromatic nitrogens is 1. The van der Waals surface area contributed by atoms with Gasteiger partial charge in [0.15, 0.2) is 0 Å². The summed E-state index contributed by atoms with van der Waals surface area (Å²) in [7, 11) is 0. The summed E-state index contributed by atoms with van der Waals surface area (Å²) >= 11 is 0. The highest BCUT2D eigenvalue weighted by Gasteiger charge is 2.38. The van der Waals surface area contributed by atoms with E-state index >= 15 is 0 Å². The number of nitriles is 1. The van der Waals surface area contributed by atoms with E-state index in [0.717, 1.165) is 35.7 Å². The Bertz CT molecular complexity index is 693. The minimum absolute atomic E-state index is 0.107. The van der Waals surface area contributed by atoms with Gasteiger partial charge in [-0.3, -0.25) is 9.78 Å². The first-order chi connectivity index (χ1) is 9.72. The zero-order chi connectivity index (χ0) is 14.0. The number of carbonyl (C=O) groups excluding carboxylic acids is 1. The van der Waals surface area contributed by atoms with Gasteiger partial charge in [-0.1, -0.05) is 24.3 Å². The highest BCUT2D eigenvalue weighted by molar-refractivity contribution is 5.88. The van der Waals surface area contributed by atoms with Gasteiger partial charge in [-0.25, -0.2) is 0 Å². The van der Waals surface area contributed by atoms with Crippen LogP contribution in [0.5, 0.6) is 0 Å². The van der Waals surface area contributed by atoms with Crippen LogP contribution in [-0.2, 0) is 11.2 Å². The van der Waals surface area contributed by atoms with Crippen LogP contribution in [-0.4, -0.2) is 16.4 Å². The Labute approximate surface area is 117 Å². The first-order valence-electron chi connectivity index (χ1n) is 6.77. The molecule has 0 saturated heterocycles. The van der Waals surface area contributed by atoms with Crippen molar-refractivity contribution in [1.29, 1.82) is 5.26 Å². The van der Waals surface area contributed by atoms with E-state index < -0.39 is 5.54 Å². The number of benzene rings is 1. The molecule has 0 atom stereocenters. The van der Waals surface area contributed by atoms with Crippen LogP contribution in [0.2, 0.25) is 0 Å². The van der Waals surface area contributed by atoms with Crippen LogP contribution in [0.25, 0.3) is 10.9 Å². The molecule has 0 aliphatic heterocycles. The van der Waals surface area contributed by atoms with Gasteiger partial charge in [0.25, 0.3) is 0 Å². The molecule has 0 radical (unpaired) electrons. The van der Waals surface area contributed by atoms with Crippen molar-refractivity contribution in [2.24, 2.45) is 0 Å². The highest BCUT2D eigenvalue weighted by atomic mass is 16.1. The van der Waals surface area contributed by atoms with Crippen molar-refractivity contribution in [2.75, 3.05) is 0 Å². The van der Waals surface area contributed by atoms with Crippen LogP contribution < -0.4 is 5.32 Å². The molecule has 100 valence electrons. The van der Waals surface area contributed by atoms with Crippen molar-refractivity contribution >= 4 is 16.8 Å². The monoisotopic (exact) mass is 265 g/mol. The first kappa shape index (κ1) is 12.6. The SMILES string of the molecule is N#CC1(NC(=O)Cc2cccc3cccnc23)CCC1. The van der Waals surface area contributed by atoms with Gasteiger partial charge in [0, 0.05) is 11.6 Å². The Balaban J connectivity index is 1.80. The van der Waals surface area contributed by atoms with Gasteiger partial charge in [0.05, 0.1) is 18.0 Å². The molecule has 0 spiro atoms. The van der Waals surface area contributed by atoms with Crippen molar-refractivity contribution in [2.45, 2.75) is 31.2 Å². The van der Waals surface area contributed by atoms with E-state index in [4.69, 9.17) is 5.26 Å². The number of hydrogen-bond donors (Lipinski definition) is 1. The molecule has 20 heavy (non-hydrogen) atoms. The molecule has 4 nitrogen and oxygen atoms in total. The summed E-state index contributed by atoms with van der Waals surface area (Å²) in [4.78, 5) is 16.5. The van der Waals surface area contributed by atoms with E-state index in [1.807, 2.05) is 30.3 Å². The fraction of sp³-hybridized carbons (Fsp3) is 0.312. The summed E-state index contributed by atoms with van der Waals surface area (Å²) in [5.74, 6) is -0.107. The maximum atomic E-state index is 12.1. The van der Waals surface area contributed by atoms with E-state index in [9.17, 15) is 4.79 Å². The summed E-state index contributed by atoms with van der Waals surface area (Å²) in [6, 6.07) is 11.9. The third kappa shape index (κ3) is 2.23. The number of para-hydroxylation sites is 1. The maximum absolute atomic E-state index is 12.1. The van der Waals surface area contributed by atoms with E-state index in [1.54, 1.807) is 6.20 Å². The lowest BCUT2D eigenvalue weighted by atomic mass is 9.78. The van der Waals surface area contributed by atoms with Gasteiger partial charge >= 0.3 is 0 Å². The molecule has 1 heterocycles. The minimum atomic E-state index is -0.630. The molecule has 1 N–H and O–H groups in total. The molecule has 1 amide bonds. The molecule has 1 aliphatic carbocycles. The standard InChI is InChI=1S/C16H15N3O/c17-11-16(7-3-8-16)19-14(20)10-13-5-1-4-12-6-2-9-18-15(12)13/h1-2,4-6,9H,3,7-8,10H2,(H,19,20). The van der Waals surface area contributed by atoms with Crippen molar-refractivity contribution in [1.82, 2.24) is 10.3 Å². The summed E-state index contributed by atoms with van der Waals surface area (Å²) < 4.78 is 0.